The molecule has 0 aromatic heterocycles. The highest BCUT2D eigenvalue weighted by atomic mass is 16.5. The lowest BCUT2D eigenvalue weighted by atomic mass is 10.1. The number of aliphatic hydroxyl groups excluding tert-OH is 1. The number of nitrogens with zero attached hydrogens (tertiary/aromatic N) is 1. The first-order chi connectivity index (χ1) is 8.93. The highest BCUT2D eigenvalue weighted by Crippen LogP contribution is 2.22. The van der Waals surface area contributed by atoms with Crippen molar-refractivity contribution in [1.29, 1.82) is 0 Å². The first-order valence-corrected chi connectivity index (χ1v) is 6.17. The van der Waals surface area contributed by atoms with Crippen molar-refractivity contribution in [2.75, 3.05) is 27.2 Å². The molecule has 1 unspecified atom stereocenters. The first-order valence-electron chi connectivity index (χ1n) is 6.17. The fraction of sp³-hybridized carbons (Fsp3) is 0.500. The van der Waals surface area contributed by atoms with E-state index in [1.165, 1.54) is 0 Å². The van der Waals surface area contributed by atoms with Gasteiger partial charge < -0.3 is 19.8 Å². The van der Waals surface area contributed by atoms with E-state index >= 15 is 0 Å². The van der Waals surface area contributed by atoms with Crippen molar-refractivity contribution in [3.63, 3.8) is 0 Å². The van der Waals surface area contributed by atoms with Gasteiger partial charge in [0.25, 0.3) is 0 Å². The van der Waals surface area contributed by atoms with E-state index in [0.717, 1.165) is 16.9 Å². The van der Waals surface area contributed by atoms with Crippen LogP contribution in [0, 0.1) is 6.92 Å². The summed E-state index contributed by atoms with van der Waals surface area (Å²) in [4.78, 5) is 12.3. The van der Waals surface area contributed by atoms with Crippen LogP contribution in [0.5, 0.6) is 5.75 Å². The molecule has 1 rings (SSSR count). The maximum Gasteiger partial charge on any atom is 0.304 e. The second kappa shape index (κ2) is 7.11. The number of methoxy groups -OCH3 is 1. The summed E-state index contributed by atoms with van der Waals surface area (Å²) in [5.41, 5.74) is 1.77. The highest BCUT2D eigenvalue weighted by molar-refractivity contribution is 5.66. The highest BCUT2D eigenvalue weighted by Gasteiger charge is 2.12. The second-order valence-electron chi connectivity index (χ2n) is 4.65. The van der Waals surface area contributed by atoms with Crippen LogP contribution in [-0.4, -0.2) is 48.3 Å². The Morgan fingerprint density at radius 1 is 1.47 bits per heavy atom. The van der Waals surface area contributed by atoms with E-state index in [0.29, 0.717) is 13.1 Å². The quantitative estimate of drug-likeness (QED) is 0.782. The van der Waals surface area contributed by atoms with E-state index in [9.17, 15) is 9.90 Å². The molecule has 0 bridgehead atoms. The number of benzene rings is 1. The van der Waals surface area contributed by atoms with Gasteiger partial charge in [-0.1, -0.05) is 6.07 Å². The fourth-order valence-electron chi connectivity index (χ4n) is 1.89. The lowest BCUT2D eigenvalue weighted by Crippen LogP contribution is -2.27. The molecule has 0 fully saturated rings. The van der Waals surface area contributed by atoms with Crippen molar-refractivity contribution in [3.8, 4) is 5.75 Å². The zero-order valence-corrected chi connectivity index (χ0v) is 11.6. The monoisotopic (exact) mass is 267 g/mol. The largest absolute Gasteiger partial charge is 0.496 e. The van der Waals surface area contributed by atoms with Crippen LogP contribution >= 0.6 is 0 Å². The van der Waals surface area contributed by atoms with Crippen molar-refractivity contribution in [1.82, 2.24) is 4.90 Å². The van der Waals surface area contributed by atoms with Gasteiger partial charge in [-0.2, -0.15) is 0 Å². The Hall–Kier alpha value is -1.59. The van der Waals surface area contributed by atoms with Crippen LogP contribution in [0.4, 0.5) is 0 Å². The van der Waals surface area contributed by atoms with E-state index in [1.807, 2.05) is 25.1 Å². The summed E-state index contributed by atoms with van der Waals surface area (Å²) in [5, 5.41) is 18.7. The number of aliphatic hydroxyl groups is 1. The van der Waals surface area contributed by atoms with E-state index < -0.39 is 12.1 Å². The smallest absolute Gasteiger partial charge is 0.304 e. The summed E-state index contributed by atoms with van der Waals surface area (Å²) in [7, 11) is 3.40. The maximum absolute atomic E-state index is 10.5. The number of likely N-dealkylation sites (N-methyl/N-ethyl adjacent to an activating group) is 1. The van der Waals surface area contributed by atoms with Gasteiger partial charge in [0.2, 0.25) is 0 Å². The van der Waals surface area contributed by atoms with Crippen LogP contribution < -0.4 is 4.74 Å². The third-order valence-electron chi connectivity index (χ3n) is 3.00. The molecule has 0 saturated carbocycles. The molecular formula is C14H21NO4. The zero-order valence-electron chi connectivity index (χ0n) is 11.6. The molecule has 0 radical (unpaired) electrons. The SMILES string of the molecule is COc1ccc(C(O)CN(C)CCC(=O)O)cc1C. The van der Waals surface area contributed by atoms with Crippen LogP contribution in [0.15, 0.2) is 18.2 Å². The molecule has 5 nitrogen and oxygen atoms in total. The number of carboxylic acid groups (broad SMARTS) is 1. The van der Waals surface area contributed by atoms with Gasteiger partial charge in [-0.15, -0.1) is 0 Å². The Labute approximate surface area is 113 Å². The fourth-order valence-corrected chi connectivity index (χ4v) is 1.89. The van der Waals surface area contributed by atoms with Gasteiger partial charge in [-0.3, -0.25) is 4.79 Å². The third kappa shape index (κ3) is 4.89. The molecular weight excluding hydrogens is 246 g/mol. The van der Waals surface area contributed by atoms with Gasteiger partial charge in [-0.25, -0.2) is 0 Å². The minimum atomic E-state index is -0.832. The van der Waals surface area contributed by atoms with Crippen LogP contribution in [0.25, 0.3) is 0 Å². The number of rotatable bonds is 7. The summed E-state index contributed by atoms with van der Waals surface area (Å²) in [6, 6.07) is 5.53. The lowest BCUT2D eigenvalue weighted by molar-refractivity contribution is -0.137. The predicted molar refractivity (Wildman–Crippen MR) is 72.4 cm³/mol. The second-order valence-corrected chi connectivity index (χ2v) is 4.65. The predicted octanol–water partition coefficient (Wildman–Crippen LogP) is 1.44. The van der Waals surface area contributed by atoms with Gasteiger partial charge in [0.05, 0.1) is 19.6 Å². The summed E-state index contributed by atoms with van der Waals surface area (Å²) in [5.74, 6) is -0.0446. The Kier molecular flexibility index (Phi) is 5.79. The van der Waals surface area contributed by atoms with Crippen molar-refractivity contribution in [2.24, 2.45) is 0 Å². The van der Waals surface area contributed by atoms with Crippen molar-refractivity contribution in [3.05, 3.63) is 29.3 Å². The number of hydrogen-bond donors (Lipinski definition) is 2. The van der Waals surface area contributed by atoms with Crippen LogP contribution in [0.3, 0.4) is 0 Å². The zero-order chi connectivity index (χ0) is 14.4. The Bertz CT molecular complexity index is 433. The Morgan fingerprint density at radius 3 is 2.68 bits per heavy atom. The molecule has 0 aliphatic carbocycles. The minimum absolute atomic E-state index is 0.0743. The third-order valence-corrected chi connectivity index (χ3v) is 3.00. The molecule has 0 aliphatic rings. The van der Waals surface area contributed by atoms with Gasteiger partial charge >= 0.3 is 5.97 Å². The maximum atomic E-state index is 10.5. The first kappa shape index (κ1) is 15.5. The molecule has 2 N–H and O–H groups in total. The number of carboxylic acids is 1. The molecule has 1 aromatic rings. The average Bonchev–Trinajstić information content (AvgIpc) is 2.36. The minimum Gasteiger partial charge on any atom is -0.496 e. The molecule has 19 heavy (non-hydrogen) atoms. The average molecular weight is 267 g/mol. The van der Waals surface area contributed by atoms with E-state index in [-0.39, 0.29) is 6.42 Å². The summed E-state index contributed by atoms with van der Waals surface area (Å²) >= 11 is 0. The normalized spacial score (nSPS) is 12.5. The van der Waals surface area contributed by atoms with E-state index in [2.05, 4.69) is 0 Å². The number of aryl methyl sites for hydroxylation is 1. The van der Waals surface area contributed by atoms with Crippen LogP contribution in [0.2, 0.25) is 0 Å². The molecule has 5 heteroatoms. The van der Waals surface area contributed by atoms with Gasteiger partial charge in [-0.05, 0) is 37.2 Å². The standard InChI is InChI=1S/C14H21NO4/c1-10-8-11(4-5-13(10)19-3)12(16)9-15(2)7-6-14(17)18/h4-5,8,12,16H,6-7,9H2,1-3H3,(H,17,18). The lowest BCUT2D eigenvalue weighted by Gasteiger charge is -2.20. The van der Waals surface area contributed by atoms with Gasteiger partial charge in [0, 0.05) is 13.1 Å². The molecule has 1 aromatic carbocycles. The number of carbonyl (C=O) groups is 1. The van der Waals surface area contributed by atoms with Crippen molar-refractivity contribution >= 4 is 5.97 Å². The summed E-state index contributed by atoms with van der Waals surface area (Å²) in [6.07, 6.45) is -0.561. The molecule has 0 aliphatic heterocycles. The number of hydrogen-bond acceptors (Lipinski definition) is 4. The van der Waals surface area contributed by atoms with Crippen molar-refractivity contribution in [2.45, 2.75) is 19.4 Å². The Balaban J connectivity index is 2.60. The molecule has 106 valence electrons. The molecule has 0 heterocycles. The Morgan fingerprint density at radius 2 is 2.16 bits per heavy atom. The number of ether oxygens (including phenoxy) is 1. The summed E-state index contributed by atoms with van der Waals surface area (Å²) < 4.78 is 5.17. The molecule has 0 spiro atoms. The van der Waals surface area contributed by atoms with Crippen molar-refractivity contribution < 1.29 is 19.7 Å². The van der Waals surface area contributed by atoms with E-state index in [1.54, 1.807) is 19.1 Å². The molecule has 0 saturated heterocycles. The van der Waals surface area contributed by atoms with Crippen LogP contribution in [-0.2, 0) is 4.79 Å². The van der Waals surface area contributed by atoms with Gasteiger partial charge in [0.1, 0.15) is 5.75 Å². The van der Waals surface area contributed by atoms with E-state index in [4.69, 9.17) is 9.84 Å². The number of aliphatic carboxylic acids is 1. The molecule has 1 atom stereocenters. The summed E-state index contributed by atoms with van der Waals surface area (Å²) in [6.45, 7) is 2.74. The topological polar surface area (TPSA) is 70.0 Å². The molecule has 0 amide bonds. The van der Waals surface area contributed by atoms with Gasteiger partial charge in [0.15, 0.2) is 0 Å². The van der Waals surface area contributed by atoms with Crippen LogP contribution in [0.1, 0.15) is 23.7 Å².